The van der Waals surface area contributed by atoms with E-state index < -0.39 is 0 Å². The van der Waals surface area contributed by atoms with Crippen molar-refractivity contribution in [1.29, 1.82) is 0 Å². The van der Waals surface area contributed by atoms with Crippen LogP contribution in [0.5, 0.6) is 0 Å². The predicted molar refractivity (Wildman–Crippen MR) is 105 cm³/mol. The quantitative estimate of drug-likeness (QED) is 0.674. The van der Waals surface area contributed by atoms with Crippen LogP contribution in [0.4, 0.5) is 5.69 Å². The average molecular weight is 355 g/mol. The van der Waals surface area contributed by atoms with E-state index in [9.17, 15) is 9.59 Å². The van der Waals surface area contributed by atoms with Crippen molar-refractivity contribution in [2.75, 3.05) is 11.4 Å². The third-order valence-corrected chi connectivity index (χ3v) is 5.30. The van der Waals surface area contributed by atoms with Gasteiger partial charge < -0.3 is 9.47 Å². The first-order valence-corrected chi connectivity index (χ1v) is 8.89. The first-order chi connectivity index (χ1) is 13.1. The molecular formula is C22H17N3O2. The predicted octanol–water partition coefficient (Wildman–Crippen LogP) is 3.05. The molecule has 5 heteroatoms. The summed E-state index contributed by atoms with van der Waals surface area (Å²) in [4.78, 5) is 32.2. The zero-order chi connectivity index (χ0) is 18.5. The summed E-state index contributed by atoms with van der Waals surface area (Å²) in [5.41, 5.74) is 5.65. The molecule has 0 spiro atoms. The maximum atomic E-state index is 13.1. The highest BCUT2D eigenvalue weighted by Gasteiger charge is 2.34. The van der Waals surface area contributed by atoms with Gasteiger partial charge in [-0.25, -0.2) is 0 Å². The molecule has 2 aromatic heterocycles. The maximum absolute atomic E-state index is 13.1. The second kappa shape index (κ2) is 5.77. The van der Waals surface area contributed by atoms with Crippen LogP contribution in [-0.4, -0.2) is 22.0 Å². The number of carbonyl (C=O) groups excluding carboxylic acids is 1. The zero-order valence-electron chi connectivity index (χ0n) is 14.8. The minimum absolute atomic E-state index is 0.0424. The molecule has 2 aliphatic rings. The number of aromatic nitrogens is 2. The second-order valence-electron chi connectivity index (χ2n) is 6.88. The van der Waals surface area contributed by atoms with Crippen LogP contribution in [0.25, 0.3) is 16.8 Å². The van der Waals surface area contributed by atoms with E-state index in [1.807, 2.05) is 42.5 Å². The zero-order valence-corrected chi connectivity index (χ0v) is 14.8. The number of pyridine rings is 2. The highest BCUT2D eigenvalue weighted by atomic mass is 16.2. The molecular weight excluding hydrogens is 338 g/mol. The molecule has 132 valence electrons. The number of allylic oxidation sites excluding steroid dienone is 1. The minimum atomic E-state index is -0.0594. The summed E-state index contributed by atoms with van der Waals surface area (Å²) >= 11 is 0. The molecule has 0 N–H and O–H groups in total. The van der Waals surface area contributed by atoms with Crippen molar-refractivity contribution in [3.8, 4) is 11.3 Å². The number of hydrogen-bond donors (Lipinski definition) is 0. The average Bonchev–Trinajstić information content (AvgIpc) is 2.99. The van der Waals surface area contributed by atoms with Gasteiger partial charge in [-0.05, 0) is 41.8 Å². The van der Waals surface area contributed by atoms with E-state index in [0.717, 1.165) is 22.4 Å². The van der Waals surface area contributed by atoms with E-state index in [1.54, 1.807) is 28.9 Å². The number of fused-ring (bicyclic) bond motifs is 2. The summed E-state index contributed by atoms with van der Waals surface area (Å²) < 4.78 is 1.58. The first kappa shape index (κ1) is 15.8. The van der Waals surface area contributed by atoms with Gasteiger partial charge in [0.25, 0.3) is 11.5 Å². The molecule has 5 nitrogen and oxygen atoms in total. The number of carbonyl (C=O) groups is 1. The van der Waals surface area contributed by atoms with Gasteiger partial charge in [0.15, 0.2) is 0 Å². The van der Waals surface area contributed by atoms with E-state index in [1.165, 1.54) is 0 Å². The molecule has 0 atom stereocenters. The van der Waals surface area contributed by atoms with Crippen LogP contribution < -0.4 is 10.5 Å². The van der Waals surface area contributed by atoms with Gasteiger partial charge in [0.2, 0.25) is 0 Å². The van der Waals surface area contributed by atoms with Crippen LogP contribution in [0.15, 0.2) is 65.7 Å². The monoisotopic (exact) mass is 355 g/mol. The number of amides is 1. The Morgan fingerprint density at radius 3 is 2.70 bits per heavy atom. The van der Waals surface area contributed by atoms with Crippen LogP contribution in [0, 0.1) is 0 Å². The minimum Gasteiger partial charge on any atom is -0.318 e. The molecule has 0 unspecified atom stereocenters. The van der Waals surface area contributed by atoms with E-state index in [4.69, 9.17) is 0 Å². The normalized spacial score (nSPS) is 14.3. The van der Waals surface area contributed by atoms with Gasteiger partial charge in [-0.1, -0.05) is 24.3 Å². The van der Waals surface area contributed by atoms with E-state index in [2.05, 4.69) is 11.1 Å². The fourth-order valence-corrected chi connectivity index (χ4v) is 3.92. The lowest BCUT2D eigenvalue weighted by atomic mass is 10.0. The Hall–Kier alpha value is -3.47. The van der Waals surface area contributed by atoms with Gasteiger partial charge in [-0.2, -0.15) is 0 Å². The van der Waals surface area contributed by atoms with Crippen molar-refractivity contribution in [1.82, 2.24) is 9.55 Å². The molecule has 5 rings (SSSR count). The SMILES string of the molecule is Cn1ccc2c(c1=O)-c1nccc3c1C(=CC2)CN3C(=O)c1ccccc1. The summed E-state index contributed by atoms with van der Waals surface area (Å²) in [7, 11) is 1.75. The fourth-order valence-electron chi connectivity index (χ4n) is 3.92. The molecule has 1 amide bonds. The van der Waals surface area contributed by atoms with Crippen LogP contribution in [0.2, 0.25) is 0 Å². The van der Waals surface area contributed by atoms with Crippen molar-refractivity contribution in [3.05, 3.63) is 88.0 Å². The molecule has 1 aromatic carbocycles. The number of hydrogen-bond acceptors (Lipinski definition) is 3. The van der Waals surface area contributed by atoms with Crippen LogP contribution in [0.1, 0.15) is 21.5 Å². The number of rotatable bonds is 1. The van der Waals surface area contributed by atoms with Gasteiger partial charge in [0, 0.05) is 30.6 Å². The van der Waals surface area contributed by atoms with Crippen molar-refractivity contribution >= 4 is 17.2 Å². The molecule has 0 bridgehead atoms. The summed E-state index contributed by atoms with van der Waals surface area (Å²) in [6, 6.07) is 13.1. The lowest BCUT2D eigenvalue weighted by Gasteiger charge is -2.18. The maximum Gasteiger partial charge on any atom is 0.260 e. The van der Waals surface area contributed by atoms with E-state index in [0.29, 0.717) is 29.8 Å². The molecule has 0 saturated heterocycles. The lowest BCUT2D eigenvalue weighted by Crippen LogP contribution is -2.28. The third-order valence-electron chi connectivity index (χ3n) is 5.30. The second-order valence-corrected chi connectivity index (χ2v) is 6.88. The number of anilines is 1. The van der Waals surface area contributed by atoms with Gasteiger partial charge in [0.05, 0.1) is 23.5 Å². The number of benzene rings is 1. The molecule has 3 aromatic rings. The molecule has 27 heavy (non-hydrogen) atoms. The molecule has 3 heterocycles. The first-order valence-electron chi connectivity index (χ1n) is 8.89. The Morgan fingerprint density at radius 2 is 1.89 bits per heavy atom. The summed E-state index contributed by atoms with van der Waals surface area (Å²) in [5, 5.41) is 0. The lowest BCUT2D eigenvalue weighted by molar-refractivity contribution is 0.0991. The summed E-state index contributed by atoms with van der Waals surface area (Å²) in [5.74, 6) is -0.0424. The van der Waals surface area contributed by atoms with E-state index in [-0.39, 0.29) is 11.5 Å². The Kier molecular flexibility index (Phi) is 3.37. The summed E-state index contributed by atoms with van der Waals surface area (Å²) in [6.45, 7) is 0.496. The molecule has 1 aliphatic heterocycles. The molecule has 0 saturated carbocycles. The van der Waals surface area contributed by atoms with E-state index >= 15 is 0 Å². The Labute approximate surface area is 156 Å². The van der Waals surface area contributed by atoms with Crippen molar-refractivity contribution < 1.29 is 4.79 Å². The Bertz CT molecular complexity index is 1180. The number of aryl methyl sites for hydroxylation is 1. The standard InChI is InChI=1S/C22H17N3O2/c1-24-12-10-14-7-8-16-13-25(21(26)15-5-3-2-4-6-15)17-9-11-23-20(18(16)17)19(14)22(24)27/h2-6,8-12H,7,13H2,1H3. The van der Waals surface area contributed by atoms with Crippen LogP contribution in [-0.2, 0) is 13.5 Å². The van der Waals surface area contributed by atoms with Crippen molar-refractivity contribution in [2.45, 2.75) is 6.42 Å². The highest BCUT2D eigenvalue weighted by Crippen LogP contribution is 2.43. The van der Waals surface area contributed by atoms with Crippen LogP contribution >= 0.6 is 0 Å². The van der Waals surface area contributed by atoms with Gasteiger partial charge in [-0.3, -0.25) is 14.6 Å². The topological polar surface area (TPSA) is 55.2 Å². The van der Waals surface area contributed by atoms with Gasteiger partial charge >= 0.3 is 0 Å². The Morgan fingerprint density at radius 1 is 1.07 bits per heavy atom. The van der Waals surface area contributed by atoms with Crippen molar-refractivity contribution in [2.24, 2.45) is 7.05 Å². The molecule has 0 radical (unpaired) electrons. The van der Waals surface area contributed by atoms with Gasteiger partial charge in [-0.15, -0.1) is 0 Å². The number of nitrogens with zero attached hydrogens (tertiary/aromatic N) is 3. The Balaban J connectivity index is 1.72. The smallest absolute Gasteiger partial charge is 0.260 e. The molecule has 1 aliphatic carbocycles. The highest BCUT2D eigenvalue weighted by molar-refractivity contribution is 6.12. The van der Waals surface area contributed by atoms with Crippen LogP contribution in [0.3, 0.4) is 0 Å². The summed E-state index contributed by atoms with van der Waals surface area (Å²) in [6.07, 6.45) is 6.25. The largest absolute Gasteiger partial charge is 0.318 e. The van der Waals surface area contributed by atoms with Gasteiger partial charge in [0.1, 0.15) is 0 Å². The fraction of sp³-hybridized carbons (Fsp3) is 0.136. The van der Waals surface area contributed by atoms with Crippen molar-refractivity contribution in [3.63, 3.8) is 0 Å². The molecule has 0 fully saturated rings. The third kappa shape index (κ3) is 2.28.